The van der Waals surface area contributed by atoms with Gasteiger partial charge in [0.15, 0.2) is 0 Å². The van der Waals surface area contributed by atoms with Crippen LogP contribution in [0.3, 0.4) is 0 Å². The summed E-state index contributed by atoms with van der Waals surface area (Å²) in [6.07, 6.45) is 3.05. The van der Waals surface area contributed by atoms with E-state index in [0.717, 1.165) is 0 Å². The second kappa shape index (κ2) is 5.23. The standard InChI is InChI=1S/C13H12N4O2/c1-17-8-10(7-15-17)13(18)16-12-9(6-14)4-3-5-11(12)19-2/h3-5,7-8H,1-2H3,(H,16,18). The van der Waals surface area contributed by atoms with Crippen molar-refractivity contribution < 1.29 is 9.53 Å². The zero-order chi connectivity index (χ0) is 13.8. The normalized spacial score (nSPS) is 9.74. The highest BCUT2D eigenvalue weighted by atomic mass is 16.5. The van der Waals surface area contributed by atoms with E-state index >= 15 is 0 Å². The van der Waals surface area contributed by atoms with E-state index in [4.69, 9.17) is 10.00 Å². The second-order valence-electron chi connectivity index (χ2n) is 3.85. The van der Waals surface area contributed by atoms with Gasteiger partial charge < -0.3 is 10.1 Å². The number of nitrogens with one attached hydrogen (secondary N) is 1. The van der Waals surface area contributed by atoms with Gasteiger partial charge in [0, 0.05) is 13.2 Å². The molecule has 0 bridgehead atoms. The fourth-order valence-electron chi connectivity index (χ4n) is 1.65. The predicted molar refractivity (Wildman–Crippen MR) is 68.9 cm³/mol. The lowest BCUT2D eigenvalue weighted by molar-refractivity contribution is 0.102. The van der Waals surface area contributed by atoms with Crippen LogP contribution < -0.4 is 10.1 Å². The summed E-state index contributed by atoms with van der Waals surface area (Å²) >= 11 is 0. The minimum atomic E-state index is -0.339. The monoisotopic (exact) mass is 256 g/mol. The first kappa shape index (κ1) is 12.6. The topological polar surface area (TPSA) is 79.9 Å². The van der Waals surface area contributed by atoms with Crippen LogP contribution >= 0.6 is 0 Å². The molecule has 0 atom stereocenters. The van der Waals surface area contributed by atoms with E-state index in [-0.39, 0.29) is 5.91 Å². The lowest BCUT2D eigenvalue weighted by atomic mass is 10.1. The molecule has 1 N–H and O–H groups in total. The maximum absolute atomic E-state index is 12.0. The van der Waals surface area contributed by atoms with E-state index in [1.807, 2.05) is 6.07 Å². The first-order chi connectivity index (χ1) is 9.15. The Morgan fingerprint density at radius 2 is 2.32 bits per heavy atom. The van der Waals surface area contributed by atoms with Crippen LogP contribution in [0.2, 0.25) is 0 Å². The van der Waals surface area contributed by atoms with Crippen LogP contribution in [-0.4, -0.2) is 22.8 Å². The molecule has 0 fully saturated rings. The van der Waals surface area contributed by atoms with Crippen LogP contribution in [0.4, 0.5) is 5.69 Å². The third kappa shape index (κ3) is 2.55. The number of ether oxygens (including phenoxy) is 1. The lowest BCUT2D eigenvalue weighted by Crippen LogP contribution is -2.13. The number of nitriles is 1. The fraction of sp³-hybridized carbons (Fsp3) is 0.154. The minimum absolute atomic E-state index is 0.339. The van der Waals surface area contributed by atoms with E-state index < -0.39 is 0 Å². The van der Waals surface area contributed by atoms with Crippen molar-refractivity contribution >= 4 is 11.6 Å². The molecular formula is C13H12N4O2. The number of methoxy groups -OCH3 is 1. The number of hydrogen-bond acceptors (Lipinski definition) is 4. The molecule has 0 aliphatic heterocycles. The van der Waals surface area contributed by atoms with Gasteiger partial charge >= 0.3 is 0 Å². The van der Waals surface area contributed by atoms with Crippen molar-refractivity contribution in [1.82, 2.24) is 9.78 Å². The van der Waals surface area contributed by atoms with Crippen LogP contribution in [-0.2, 0) is 7.05 Å². The molecule has 1 amide bonds. The Balaban J connectivity index is 2.33. The summed E-state index contributed by atoms with van der Waals surface area (Å²) in [6.45, 7) is 0. The third-order valence-corrected chi connectivity index (χ3v) is 2.57. The quantitative estimate of drug-likeness (QED) is 0.903. The number of benzene rings is 1. The summed E-state index contributed by atoms with van der Waals surface area (Å²) in [7, 11) is 3.21. The Hall–Kier alpha value is -2.81. The number of aromatic nitrogens is 2. The highest BCUT2D eigenvalue weighted by molar-refractivity contribution is 6.05. The van der Waals surface area contributed by atoms with E-state index in [1.54, 1.807) is 31.4 Å². The van der Waals surface area contributed by atoms with Gasteiger partial charge in [0.2, 0.25) is 0 Å². The van der Waals surface area contributed by atoms with E-state index in [9.17, 15) is 4.79 Å². The number of aryl methyl sites for hydroxylation is 1. The van der Waals surface area contributed by atoms with Gasteiger partial charge in [-0.1, -0.05) is 6.07 Å². The van der Waals surface area contributed by atoms with Crippen molar-refractivity contribution in [3.63, 3.8) is 0 Å². The number of anilines is 1. The van der Waals surface area contributed by atoms with Crippen molar-refractivity contribution in [3.8, 4) is 11.8 Å². The highest BCUT2D eigenvalue weighted by Crippen LogP contribution is 2.28. The van der Waals surface area contributed by atoms with Crippen LogP contribution in [0.15, 0.2) is 30.6 Å². The summed E-state index contributed by atoms with van der Waals surface area (Å²) in [5.41, 5.74) is 1.12. The van der Waals surface area contributed by atoms with Crippen molar-refractivity contribution in [2.75, 3.05) is 12.4 Å². The molecule has 0 aliphatic carbocycles. The molecule has 2 rings (SSSR count). The van der Waals surface area contributed by atoms with Crippen molar-refractivity contribution in [1.29, 1.82) is 5.26 Å². The van der Waals surface area contributed by atoms with Crippen LogP contribution in [0.5, 0.6) is 5.75 Å². The smallest absolute Gasteiger partial charge is 0.258 e. The number of amides is 1. The molecule has 0 unspecified atom stereocenters. The molecule has 0 spiro atoms. The molecule has 6 heteroatoms. The number of para-hydroxylation sites is 1. The van der Waals surface area contributed by atoms with Gasteiger partial charge in [-0.2, -0.15) is 10.4 Å². The van der Waals surface area contributed by atoms with Gasteiger partial charge in [0.25, 0.3) is 5.91 Å². The summed E-state index contributed by atoms with van der Waals surface area (Å²) in [5.74, 6) is 0.102. The third-order valence-electron chi connectivity index (χ3n) is 2.57. The maximum Gasteiger partial charge on any atom is 0.258 e. The van der Waals surface area contributed by atoms with Gasteiger partial charge in [-0.15, -0.1) is 0 Å². The molecule has 0 saturated carbocycles. The number of carbonyl (C=O) groups excluding carboxylic acids is 1. The number of hydrogen-bond donors (Lipinski definition) is 1. The molecule has 96 valence electrons. The molecular weight excluding hydrogens is 244 g/mol. The lowest BCUT2D eigenvalue weighted by Gasteiger charge is -2.10. The number of carbonyl (C=O) groups is 1. The molecule has 6 nitrogen and oxygen atoms in total. The zero-order valence-electron chi connectivity index (χ0n) is 10.5. The number of nitrogens with zero attached hydrogens (tertiary/aromatic N) is 3. The van der Waals surface area contributed by atoms with E-state index in [1.165, 1.54) is 18.0 Å². The van der Waals surface area contributed by atoms with Crippen molar-refractivity contribution in [2.45, 2.75) is 0 Å². The summed E-state index contributed by atoms with van der Waals surface area (Å²) in [6, 6.07) is 7.00. The fourth-order valence-corrected chi connectivity index (χ4v) is 1.65. The largest absolute Gasteiger partial charge is 0.495 e. The van der Waals surface area contributed by atoms with E-state index in [0.29, 0.717) is 22.6 Å². The molecule has 0 saturated heterocycles. The molecule has 1 aromatic heterocycles. The highest BCUT2D eigenvalue weighted by Gasteiger charge is 2.14. The Bertz CT molecular complexity index is 655. The zero-order valence-corrected chi connectivity index (χ0v) is 10.5. The van der Waals surface area contributed by atoms with Gasteiger partial charge in [-0.25, -0.2) is 0 Å². The van der Waals surface area contributed by atoms with Gasteiger partial charge in [-0.3, -0.25) is 9.48 Å². The average Bonchev–Trinajstić information content (AvgIpc) is 2.85. The molecule has 1 aromatic carbocycles. The van der Waals surface area contributed by atoms with Crippen molar-refractivity contribution in [2.24, 2.45) is 7.05 Å². The van der Waals surface area contributed by atoms with Gasteiger partial charge in [0.1, 0.15) is 17.5 Å². The SMILES string of the molecule is COc1cccc(C#N)c1NC(=O)c1cnn(C)c1. The molecule has 2 aromatic rings. The number of rotatable bonds is 3. The molecule has 0 aliphatic rings. The van der Waals surface area contributed by atoms with Crippen LogP contribution in [0, 0.1) is 11.3 Å². The first-order valence-electron chi connectivity index (χ1n) is 5.53. The van der Waals surface area contributed by atoms with Crippen LogP contribution in [0.25, 0.3) is 0 Å². The average molecular weight is 256 g/mol. The maximum atomic E-state index is 12.0. The van der Waals surface area contributed by atoms with E-state index in [2.05, 4.69) is 10.4 Å². The first-order valence-corrected chi connectivity index (χ1v) is 5.53. The Morgan fingerprint density at radius 1 is 1.53 bits per heavy atom. The predicted octanol–water partition coefficient (Wildman–Crippen LogP) is 1.55. The van der Waals surface area contributed by atoms with Gasteiger partial charge in [-0.05, 0) is 12.1 Å². The minimum Gasteiger partial charge on any atom is -0.495 e. The molecule has 0 radical (unpaired) electrons. The van der Waals surface area contributed by atoms with Crippen molar-refractivity contribution in [3.05, 3.63) is 41.7 Å². The Labute approximate surface area is 110 Å². The van der Waals surface area contributed by atoms with Gasteiger partial charge in [0.05, 0.1) is 24.4 Å². The summed E-state index contributed by atoms with van der Waals surface area (Å²) in [4.78, 5) is 12.0. The summed E-state index contributed by atoms with van der Waals surface area (Å²) in [5, 5.41) is 15.6. The second-order valence-corrected chi connectivity index (χ2v) is 3.85. The van der Waals surface area contributed by atoms with Crippen LogP contribution in [0.1, 0.15) is 15.9 Å². The molecule has 19 heavy (non-hydrogen) atoms. The molecule has 1 heterocycles. The summed E-state index contributed by atoms with van der Waals surface area (Å²) < 4.78 is 6.67. The Kier molecular flexibility index (Phi) is 3.48. The Morgan fingerprint density at radius 3 is 2.89 bits per heavy atom.